The summed E-state index contributed by atoms with van der Waals surface area (Å²) in [6.07, 6.45) is 5.09. The summed E-state index contributed by atoms with van der Waals surface area (Å²) in [6, 6.07) is 4.09. The Bertz CT molecular complexity index is 852. The Labute approximate surface area is 131 Å². The maximum atomic E-state index is 10.7. The van der Waals surface area contributed by atoms with Crippen LogP contribution in [-0.4, -0.2) is 19.3 Å². The van der Waals surface area contributed by atoms with Crippen LogP contribution in [0.4, 0.5) is 5.69 Å². The molecule has 0 atom stereocenters. The lowest BCUT2D eigenvalue weighted by Gasteiger charge is -2.07. The van der Waals surface area contributed by atoms with E-state index in [0.29, 0.717) is 16.0 Å². The highest BCUT2D eigenvalue weighted by molar-refractivity contribution is 9.10. The third-order valence-corrected chi connectivity index (χ3v) is 3.33. The third kappa shape index (κ3) is 2.67. The van der Waals surface area contributed by atoms with Crippen LogP contribution in [0.1, 0.15) is 0 Å². The van der Waals surface area contributed by atoms with Gasteiger partial charge in [0.15, 0.2) is 0 Å². The highest BCUT2D eigenvalue weighted by Gasteiger charge is 2.14. The van der Waals surface area contributed by atoms with Gasteiger partial charge in [-0.1, -0.05) is 11.6 Å². The summed E-state index contributed by atoms with van der Waals surface area (Å²) >= 11 is 9.12. The van der Waals surface area contributed by atoms with E-state index in [-0.39, 0.29) is 16.6 Å². The van der Waals surface area contributed by atoms with Gasteiger partial charge in [0.1, 0.15) is 15.4 Å². The summed E-state index contributed by atoms with van der Waals surface area (Å²) in [5.41, 5.74) is 0.338. The predicted octanol–water partition coefficient (Wildman–Crippen LogP) is 3.85. The van der Waals surface area contributed by atoms with Crippen molar-refractivity contribution < 1.29 is 9.66 Å². The summed E-state index contributed by atoms with van der Waals surface area (Å²) < 4.78 is 7.92. The maximum Gasteiger partial charge on any atom is 0.288 e. The topological polar surface area (TPSA) is 82.6 Å². The van der Waals surface area contributed by atoms with Crippen LogP contribution < -0.4 is 4.74 Å². The van der Waals surface area contributed by atoms with Crippen LogP contribution in [0.5, 0.6) is 11.6 Å². The Balaban J connectivity index is 2.00. The largest absolute Gasteiger partial charge is 0.436 e. The van der Waals surface area contributed by atoms with Crippen molar-refractivity contribution >= 4 is 38.9 Å². The van der Waals surface area contributed by atoms with Crippen molar-refractivity contribution in [1.82, 2.24) is 14.4 Å². The lowest BCUT2D eigenvalue weighted by Crippen LogP contribution is -1.95. The van der Waals surface area contributed by atoms with Gasteiger partial charge in [-0.15, -0.1) is 0 Å². The molecule has 3 rings (SSSR count). The highest BCUT2D eigenvalue weighted by atomic mass is 79.9. The Morgan fingerprint density at radius 3 is 2.95 bits per heavy atom. The van der Waals surface area contributed by atoms with Crippen molar-refractivity contribution in [1.29, 1.82) is 0 Å². The number of fused-ring (bicyclic) bond motifs is 1. The van der Waals surface area contributed by atoms with Crippen molar-refractivity contribution in [3.63, 3.8) is 0 Å². The van der Waals surface area contributed by atoms with Gasteiger partial charge in [0.05, 0.1) is 4.92 Å². The van der Waals surface area contributed by atoms with E-state index in [1.54, 1.807) is 23.0 Å². The standard InChI is InChI=1S/C12H6BrClN4O3/c13-10-6-17-4-3-15-11(17)12(16-10)21-7-1-2-9(18(19)20)8(14)5-7/h1-6H. The van der Waals surface area contributed by atoms with E-state index in [4.69, 9.17) is 16.3 Å². The van der Waals surface area contributed by atoms with E-state index < -0.39 is 4.92 Å². The lowest BCUT2D eigenvalue weighted by molar-refractivity contribution is -0.384. The first-order chi connectivity index (χ1) is 10.0. The summed E-state index contributed by atoms with van der Waals surface area (Å²) in [5, 5.41) is 10.7. The molecule has 106 valence electrons. The second-order valence-electron chi connectivity index (χ2n) is 4.00. The van der Waals surface area contributed by atoms with Gasteiger partial charge in [0.25, 0.3) is 11.6 Å². The molecule has 2 aromatic heterocycles. The molecule has 2 heterocycles. The van der Waals surface area contributed by atoms with Gasteiger partial charge in [-0.05, 0) is 22.0 Å². The van der Waals surface area contributed by atoms with Gasteiger partial charge >= 0.3 is 0 Å². The van der Waals surface area contributed by atoms with Gasteiger partial charge in [-0.3, -0.25) is 14.5 Å². The molecular formula is C12H6BrClN4O3. The fourth-order valence-electron chi connectivity index (χ4n) is 1.75. The SMILES string of the molecule is O=[N+]([O-])c1ccc(Oc2nc(Br)cn3ccnc23)cc1Cl. The van der Waals surface area contributed by atoms with E-state index in [9.17, 15) is 10.1 Å². The molecule has 0 aliphatic carbocycles. The number of imidazole rings is 1. The predicted molar refractivity (Wildman–Crippen MR) is 78.9 cm³/mol. The molecule has 0 spiro atoms. The van der Waals surface area contributed by atoms with Crippen molar-refractivity contribution in [3.05, 3.63) is 56.5 Å². The quantitative estimate of drug-likeness (QED) is 0.517. The minimum Gasteiger partial charge on any atom is -0.436 e. The average molecular weight is 370 g/mol. The Morgan fingerprint density at radius 2 is 2.24 bits per heavy atom. The molecule has 0 amide bonds. The number of benzene rings is 1. The van der Waals surface area contributed by atoms with Crippen LogP contribution in [0, 0.1) is 10.1 Å². The second kappa shape index (κ2) is 5.30. The van der Waals surface area contributed by atoms with Crippen molar-refractivity contribution in [3.8, 4) is 11.6 Å². The molecule has 1 aromatic carbocycles. The number of hydrogen-bond acceptors (Lipinski definition) is 5. The normalized spacial score (nSPS) is 10.8. The van der Waals surface area contributed by atoms with Crippen LogP contribution in [-0.2, 0) is 0 Å². The minimum atomic E-state index is -0.559. The fourth-order valence-corrected chi connectivity index (χ4v) is 2.37. The first kappa shape index (κ1) is 13.8. The molecule has 0 N–H and O–H groups in total. The molecule has 21 heavy (non-hydrogen) atoms. The molecule has 0 aliphatic heterocycles. The van der Waals surface area contributed by atoms with Gasteiger partial charge in [-0.25, -0.2) is 9.97 Å². The number of nitro benzene ring substituents is 1. The number of aromatic nitrogens is 3. The molecule has 0 fully saturated rings. The van der Waals surface area contributed by atoms with E-state index in [1.807, 2.05) is 0 Å². The van der Waals surface area contributed by atoms with E-state index in [1.165, 1.54) is 18.2 Å². The smallest absolute Gasteiger partial charge is 0.288 e. The molecule has 0 saturated carbocycles. The molecule has 0 radical (unpaired) electrons. The van der Waals surface area contributed by atoms with E-state index in [0.717, 1.165) is 0 Å². The van der Waals surface area contributed by atoms with Crippen molar-refractivity contribution in [2.24, 2.45) is 0 Å². The molecule has 3 aromatic rings. The van der Waals surface area contributed by atoms with Crippen LogP contribution in [0.3, 0.4) is 0 Å². The summed E-state index contributed by atoms with van der Waals surface area (Å²) in [6.45, 7) is 0. The monoisotopic (exact) mass is 368 g/mol. The second-order valence-corrected chi connectivity index (χ2v) is 5.22. The molecule has 9 heteroatoms. The molecule has 0 unspecified atom stereocenters. The first-order valence-electron chi connectivity index (χ1n) is 5.65. The number of ether oxygens (including phenoxy) is 1. The fraction of sp³-hybridized carbons (Fsp3) is 0. The zero-order valence-electron chi connectivity index (χ0n) is 10.2. The average Bonchev–Trinajstić information content (AvgIpc) is 2.86. The Hall–Kier alpha value is -2.19. The lowest BCUT2D eigenvalue weighted by atomic mass is 10.3. The zero-order valence-corrected chi connectivity index (χ0v) is 12.6. The highest BCUT2D eigenvalue weighted by Crippen LogP contribution is 2.31. The molecule has 0 saturated heterocycles. The molecule has 0 bridgehead atoms. The molecule has 7 nitrogen and oxygen atoms in total. The number of halogens is 2. The van der Waals surface area contributed by atoms with Gasteiger partial charge in [-0.2, -0.15) is 0 Å². The molecule has 0 aliphatic rings. The van der Waals surface area contributed by atoms with Crippen LogP contribution in [0.25, 0.3) is 5.65 Å². The van der Waals surface area contributed by atoms with Crippen LogP contribution >= 0.6 is 27.5 Å². The first-order valence-corrected chi connectivity index (χ1v) is 6.82. The van der Waals surface area contributed by atoms with Crippen LogP contribution in [0.2, 0.25) is 5.02 Å². The van der Waals surface area contributed by atoms with Crippen molar-refractivity contribution in [2.45, 2.75) is 0 Å². The van der Waals surface area contributed by atoms with Gasteiger partial charge in [0, 0.05) is 30.7 Å². The Kier molecular flexibility index (Phi) is 3.48. The maximum absolute atomic E-state index is 10.7. The number of nitrogens with zero attached hydrogens (tertiary/aromatic N) is 4. The zero-order chi connectivity index (χ0) is 15.0. The van der Waals surface area contributed by atoms with Crippen LogP contribution in [0.15, 0.2) is 41.4 Å². The summed E-state index contributed by atoms with van der Waals surface area (Å²) in [5.74, 6) is 0.598. The van der Waals surface area contributed by atoms with Crippen molar-refractivity contribution in [2.75, 3.05) is 0 Å². The minimum absolute atomic E-state index is 0.00754. The molecular weight excluding hydrogens is 364 g/mol. The Morgan fingerprint density at radius 1 is 1.43 bits per heavy atom. The van der Waals surface area contributed by atoms with Gasteiger partial charge < -0.3 is 4.74 Å². The summed E-state index contributed by atoms with van der Waals surface area (Å²) in [7, 11) is 0. The van der Waals surface area contributed by atoms with Gasteiger partial charge in [0.2, 0.25) is 5.65 Å². The number of hydrogen-bond donors (Lipinski definition) is 0. The van der Waals surface area contributed by atoms with E-state index >= 15 is 0 Å². The van der Waals surface area contributed by atoms with E-state index in [2.05, 4.69) is 25.9 Å². The summed E-state index contributed by atoms with van der Waals surface area (Å²) in [4.78, 5) is 18.5. The third-order valence-electron chi connectivity index (χ3n) is 2.64. The number of nitro groups is 1. The number of rotatable bonds is 3.